The van der Waals surface area contributed by atoms with E-state index in [0.717, 1.165) is 0 Å². The molecule has 2 nitrogen and oxygen atoms in total. The van der Waals surface area contributed by atoms with Gasteiger partial charge in [0, 0.05) is 11.5 Å². The van der Waals surface area contributed by atoms with Crippen molar-refractivity contribution in [3.05, 3.63) is 33.5 Å². The first-order valence-electron chi connectivity index (χ1n) is 3.74. The van der Waals surface area contributed by atoms with E-state index in [1.54, 1.807) is 19.1 Å². The molecule has 0 aliphatic heterocycles. The third-order valence-corrected chi connectivity index (χ3v) is 2.40. The van der Waals surface area contributed by atoms with Crippen molar-refractivity contribution >= 4 is 21.8 Å². The molecule has 70 valence electrons. The summed E-state index contributed by atoms with van der Waals surface area (Å²) in [5, 5.41) is 2.38. The molecule has 0 saturated heterocycles. The summed E-state index contributed by atoms with van der Waals surface area (Å²) in [5.41, 5.74) is 0.518. The van der Waals surface area contributed by atoms with Gasteiger partial charge in [0.1, 0.15) is 5.82 Å². The summed E-state index contributed by atoms with van der Waals surface area (Å²) in [6, 6.07) is 3.27. The minimum absolute atomic E-state index is 0.0579. The second kappa shape index (κ2) is 3.87. The highest BCUT2D eigenvalue weighted by atomic mass is 79.9. The molecule has 0 unspecified atom stereocenters. The fourth-order valence-corrected chi connectivity index (χ4v) is 1.48. The van der Waals surface area contributed by atoms with Gasteiger partial charge < -0.3 is 5.32 Å². The quantitative estimate of drug-likeness (QED) is 0.809. The van der Waals surface area contributed by atoms with Crippen LogP contribution in [0.5, 0.6) is 0 Å². The summed E-state index contributed by atoms with van der Waals surface area (Å²) in [6.45, 7) is 1.62. The van der Waals surface area contributed by atoms with E-state index in [-0.39, 0.29) is 5.56 Å². The smallest absolute Gasteiger partial charge is 0.255 e. The number of aryl methyl sites for hydroxylation is 1. The molecule has 1 rings (SSSR count). The first kappa shape index (κ1) is 10.2. The maximum absolute atomic E-state index is 13.4. The highest BCUT2D eigenvalue weighted by Gasteiger charge is 2.15. The second-order valence-corrected chi connectivity index (χ2v) is 3.49. The molecule has 1 aromatic carbocycles. The average molecular weight is 246 g/mol. The van der Waals surface area contributed by atoms with E-state index >= 15 is 0 Å². The van der Waals surface area contributed by atoms with Gasteiger partial charge in [-0.25, -0.2) is 4.39 Å². The number of benzene rings is 1. The first-order valence-corrected chi connectivity index (χ1v) is 4.54. The van der Waals surface area contributed by atoms with E-state index in [1.807, 2.05) is 0 Å². The monoisotopic (exact) mass is 245 g/mol. The topological polar surface area (TPSA) is 29.1 Å². The van der Waals surface area contributed by atoms with Crippen molar-refractivity contribution < 1.29 is 9.18 Å². The van der Waals surface area contributed by atoms with Crippen LogP contribution in [0.1, 0.15) is 15.9 Å². The van der Waals surface area contributed by atoms with Crippen LogP contribution >= 0.6 is 15.9 Å². The molecule has 0 aliphatic carbocycles. The molecule has 0 saturated carbocycles. The Bertz CT molecular complexity index is 352. The summed E-state index contributed by atoms with van der Waals surface area (Å²) in [7, 11) is 1.47. The van der Waals surface area contributed by atoms with Crippen LogP contribution in [-0.4, -0.2) is 13.0 Å². The van der Waals surface area contributed by atoms with Crippen molar-refractivity contribution in [2.75, 3.05) is 7.05 Å². The van der Waals surface area contributed by atoms with Crippen molar-refractivity contribution in [1.29, 1.82) is 0 Å². The Kier molecular flexibility index (Phi) is 3.03. The second-order valence-electron chi connectivity index (χ2n) is 2.63. The third kappa shape index (κ3) is 1.88. The number of carbonyl (C=O) groups excluding carboxylic acids is 1. The Balaban J connectivity index is 3.33. The average Bonchev–Trinajstić information content (AvgIpc) is 2.12. The van der Waals surface area contributed by atoms with Gasteiger partial charge in [-0.1, -0.05) is 6.07 Å². The Labute approximate surface area is 84.3 Å². The van der Waals surface area contributed by atoms with E-state index in [2.05, 4.69) is 21.2 Å². The van der Waals surface area contributed by atoms with Crippen LogP contribution in [0.25, 0.3) is 0 Å². The molecular weight excluding hydrogens is 237 g/mol. The fraction of sp³-hybridized carbons (Fsp3) is 0.222. The normalized spacial score (nSPS) is 9.85. The predicted octanol–water partition coefficient (Wildman–Crippen LogP) is 2.26. The molecule has 0 atom stereocenters. The van der Waals surface area contributed by atoms with Crippen LogP contribution in [-0.2, 0) is 0 Å². The van der Waals surface area contributed by atoms with Gasteiger partial charge in [0.2, 0.25) is 0 Å². The van der Waals surface area contributed by atoms with Crippen LogP contribution < -0.4 is 5.32 Å². The van der Waals surface area contributed by atoms with Crippen molar-refractivity contribution in [2.24, 2.45) is 0 Å². The molecule has 0 heterocycles. The SMILES string of the molecule is CNC(=O)c1c(Br)ccc(C)c1F. The Morgan fingerprint density at radius 3 is 2.69 bits per heavy atom. The zero-order chi connectivity index (χ0) is 10.0. The Morgan fingerprint density at radius 1 is 1.54 bits per heavy atom. The standard InChI is InChI=1S/C9H9BrFNO/c1-5-3-4-6(10)7(8(5)11)9(13)12-2/h3-4H,1-2H3,(H,12,13). The summed E-state index contributed by atoms with van der Waals surface area (Å²) in [5.74, 6) is -0.901. The lowest BCUT2D eigenvalue weighted by molar-refractivity contribution is 0.0958. The highest BCUT2D eigenvalue weighted by molar-refractivity contribution is 9.10. The molecule has 0 spiro atoms. The first-order chi connectivity index (χ1) is 6.07. The van der Waals surface area contributed by atoms with Crippen LogP contribution in [0.3, 0.4) is 0 Å². The number of hydrogen-bond acceptors (Lipinski definition) is 1. The van der Waals surface area contributed by atoms with E-state index in [4.69, 9.17) is 0 Å². The number of carbonyl (C=O) groups is 1. The molecule has 1 N–H and O–H groups in total. The summed E-state index contributed by atoms with van der Waals surface area (Å²) in [6.07, 6.45) is 0. The maximum atomic E-state index is 13.4. The lowest BCUT2D eigenvalue weighted by Crippen LogP contribution is -2.20. The Hall–Kier alpha value is -0.900. The minimum atomic E-state index is -0.478. The summed E-state index contributed by atoms with van der Waals surface area (Å²) in [4.78, 5) is 11.2. The van der Waals surface area contributed by atoms with Crippen LogP contribution in [0.4, 0.5) is 4.39 Å². The number of nitrogens with one attached hydrogen (secondary N) is 1. The lowest BCUT2D eigenvalue weighted by Gasteiger charge is -2.06. The summed E-state index contributed by atoms with van der Waals surface area (Å²) >= 11 is 3.12. The predicted molar refractivity (Wildman–Crippen MR) is 52.2 cm³/mol. The van der Waals surface area contributed by atoms with Gasteiger partial charge in [0.25, 0.3) is 5.91 Å². The van der Waals surface area contributed by atoms with Gasteiger partial charge in [-0.3, -0.25) is 4.79 Å². The van der Waals surface area contributed by atoms with Gasteiger partial charge >= 0.3 is 0 Å². The van der Waals surface area contributed by atoms with Gasteiger partial charge in [0.05, 0.1) is 5.56 Å². The molecule has 1 amide bonds. The van der Waals surface area contributed by atoms with Crippen molar-refractivity contribution in [2.45, 2.75) is 6.92 Å². The van der Waals surface area contributed by atoms with Crippen LogP contribution in [0, 0.1) is 12.7 Å². The van der Waals surface area contributed by atoms with E-state index < -0.39 is 11.7 Å². The van der Waals surface area contributed by atoms with E-state index in [1.165, 1.54) is 7.05 Å². The van der Waals surface area contributed by atoms with Gasteiger partial charge in [-0.05, 0) is 34.5 Å². The zero-order valence-electron chi connectivity index (χ0n) is 7.32. The fourth-order valence-electron chi connectivity index (χ4n) is 0.990. The largest absolute Gasteiger partial charge is 0.355 e. The van der Waals surface area contributed by atoms with Gasteiger partial charge in [0.15, 0.2) is 0 Å². The van der Waals surface area contributed by atoms with Gasteiger partial charge in [-0.15, -0.1) is 0 Å². The number of hydrogen-bond donors (Lipinski definition) is 1. The molecule has 0 radical (unpaired) electrons. The minimum Gasteiger partial charge on any atom is -0.355 e. The highest BCUT2D eigenvalue weighted by Crippen LogP contribution is 2.22. The molecule has 0 bridgehead atoms. The third-order valence-electron chi connectivity index (χ3n) is 1.74. The Morgan fingerprint density at radius 2 is 2.15 bits per heavy atom. The lowest BCUT2D eigenvalue weighted by atomic mass is 10.1. The molecular formula is C9H9BrFNO. The van der Waals surface area contributed by atoms with E-state index in [9.17, 15) is 9.18 Å². The number of amides is 1. The van der Waals surface area contributed by atoms with Crippen molar-refractivity contribution in [1.82, 2.24) is 5.32 Å². The maximum Gasteiger partial charge on any atom is 0.255 e. The van der Waals surface area contributed by atoms with Crippen molar-refractivity contribution in [3.63, 3.8) is 0 Å². The van der Waals surface area contributed by atoms with Crippen LogP contribution in [0.15, 0.2) is 16.6 Å². The van der Waals surface area contributed by atoms with Crippen molar-refractivity contribution in [3.8, 4) is 0 Å². The summed E-state index contributed by atoms with van der Waals surface area (Å²) < 4.78 is 13.9. The number of rotatable bonds is 1. The molecule has 4 heteroatoms. The molecule has 1 aromatic rings. The molecule has 0 aromatic heterocycles. The zero-order valence-corrected chi connectivity index (χ0v) is 8.90. The molecule has 0 aliphatic rings. The molecule has 0 fully saturated rings. The molecule has 13 heavy (non-hydrogen) atoms. The number of halogens is 2. The van der Waals surface area contributed by atoms with E-state index in [0.29, 0.717) is 10.0 Å². The van der Waals surface area contributed by atoms with Gasteiger partial charge in [-0.2, -0.15) is 0 Å². The van der Waals surface area contributed by atoms with Crippen LogP contribution in [0.2, 0.25) is 0 Å².